The van der Waals surface area contributed by atoms with Crippen LogP contribution in [0.3, 0.4) is 0 Å². The van der Waals surface area contributed by atoms with Crippen LogP contribution in [-0.2, 0) is 4.79 Å². The zero-order valence-electron chi connectivity index (χ0n) is 11.0. The predicted molar refractivity (Wildman–Crippen MR) is 78.4 cm³/mol. The molecule has 2 N–H and O–H groups in total. The van der Waals surface area contributed by atoms with Crippen LogP contribution in [0.25, 0.3) is 10.9 Å². The van der Waals surface area contributed by atoms with E-state index < -0.39 is 17.9 Å². The summed E-state index contributed by atoms with van der Waals surface area (Å²) in [5.41, 5.74) is 0.796. The van der Waals surface area contributed by atoms with Crippen LogP contribution in [0.2, 0.25) is 5.02 Å². The highest BCUT2D eigenvalue weighted by molar-refractivity contribution is 6.31. The molecule has 1 unspecified atom stereocenters. The summed E-state index contributed by atoms with van der Waals surface area (Å²) < 4.78 is 0. The molecule has 21 heavy (non-hydrogen) atoms. The van der Waals surface area contributed by atoms with Crippen LogP contribution >= 0.6 is 11.6 Å². The first kappa shape index (κ1) is 13.8. The molecule has 1 aromatic carbocycles. The van der Waals surface area contributed by atoms with E-state index in [1.165, 1.54) is 0 Å². The second kappa shape index (κ2) is 5.33. The van der Waals surface area contributed by atoms with Crippen molar-refractivity contribution in [2.24, 2.45) is 5.92 Å². The van der Waals surface area contributed by atoms with Crippen molar-refractivity contribution in [3.8, 4) is 0 Å². The fourth-order valence-corrected chi connectivity index (χ4v) is 2.41. The Hall–Kier alpha value is -2.14. The Morgan fingerprint density at radius 3 is 2.67 bits per heavy atom. The molecule has 0 saturated heterocycles. The quantitative estimate of drug-likeness (QED) is 0.909. The maximum atomic E-state index is 12.2. The average molecular weight is 305 g/mol. The zero-order chi connectivity index (χ0) is 15.0. The van der Waals surface area contributed by atoms with Crippen LogP contribution in [0, 0.1) is 5.92 Å². The van der Waals surface area contributed by atoms with Gasteiger partial charge in [-0.25, -0.2) is 9.78 Å². The molecule has 1 aliphatic rings. The van der Waals surface area contributed by atoms with Gasteiger partial charge in [-0.15, -0.1) is 0 Å². The lowest BCUT2D eigenvalue weighted by atomic mass is 10.1. The molecule has 0 radical (unpaired) electrons. The summed E-state index contributed by atoms with van der Waals surface area (Å²) in [6, 6.07) is 7.74. The Morgan fingerprint density at radius 1 is 1.29 bits per heavy atom. The summed E-state index contributed by atoms with van der Waals surface area (Å²) in [6.45, 7) is 0. The predicted octanol–water partition coefficient (Wildman–Crippen LogP) is 2.48. The van der Waals surface area contributed by atoms with Gasteiger partial charge in [0, 0.05) is 10.4 Å². The van der Waals surface area contributed by atoms with Crippen molar-refractivity contribution in [2.45, 2.75) is 18.9 Å². The highest BCUT2D eigenvalue weighted by atomic mass is 35.5. The minimum absolute atomic E-state index is 0.0290. The summed E-state index contributed by atoms with van der Waals surface area (Å²) in [6.07, 6.45) is 1.66. The Bertz CT molecular complexity index is 728. The molecule has 3 rings (SSSR count). The molecule has 1 fully saturated rings. The van der Waals surface area contributed by atoms with Crippen LogP contribution in [0.4, 0.5) is 0 Å². The molecule has 0 bridgehead atoms. The molecule has 0 spiro atoms. The largest absolute Gasteiger partial charge is 0.480 e. The Kier molecular flexibility index (Phi) is 3.51. The summed E-state index contributed by atoms with van der Waals surface area (Å²) in [4.78, 5) is 27.5. The Morgan fingerprint density at radius 2 is 2.00 bits per heavy atom. The molecule has 6 heteroatoms. The summed E-state index contributed by atoms with van der Waals surface area (Å²) in [7, 11) is 0. The van der Waals surface area contributed by atoms with E-state index >= 15 is 0 Å². The van der Waals surface area contributed by atoms with Gasteiger partial charge < -0.3 is 10.4 Å². The molecular weight excluding hydrogens is 292 g/mol. The number of pyridine rings is 1. The number of fused-ring (bicyclic) bond motifs is 1. The maximum Gasteiger partial charge on any atom is 0.326 e. The van der Waals surface area contributed by atoms with E-state index in [0.29, 0.717) is 10.5 Å². The van der Waals surface area contributed by atoms with E-state index in [1.54, 1.807) is 24.3 Å². The number of carbonyl (C=O) groups is 2. The van der Waals surface area contributed by atoms with Crippen LogP contribution in [0.15, 0.2) is 30.3 Å². The molecule has 1 heterocycles. The molecule has 1 atom stereocenters. The second-order valence-electron chi connectivity index (χ2n) is 5.16. The summed E-state index contributed by atoms with van der Waals surface area (Å²) >= 11 is 5.91. The number of aliphatic carboxylic acids is 1. The number of carboxylic acids is 1. The molecule has 1 aliphatic carbocycles. The fourth-order valence-electron chi connectivity index (χ4n) is 2.24. The van der Waals surface area contributed by atoms with Gasteiger partial charge in [0.05, 0.1) is 5.52 Å². The number of hydrogen-bond acceptors (Lipinski definition) is 3. The molecule has 1 amide bonds. The highest BCUT2D eigenvalue weighted by Gasteiger charge is 2.37. The number of nitrogens with one attached hydrogen (secondary N) is 1. The highest BCUT2D eigenvalue weighted by Crippen LogP contribution is 2.32. The maximum absolute atomic E-state index is 12.2. The van der Waals surface area contributed by atoms with Crippen molar-refractivity contribution < 1.29 is 14.7 Å². The van der Waals surface area contributed by atoms with Crippen LogP contribution in [-0.4, -0.2) is 28.0 Å². The Balaban J connectivity index is 1.85. The third kappa shape index (κ3) is 2.97. The van der Waals surface area contributed by atoms with Gasteiger partial charge in [0.15, 0.2) is 0 Å². The van der Waals surface area contributed by atoms with E-state index in [-0.39, 0.29) is 11.6 Å². The van der Waals surface area contributed by atoms with Gasteiger partial charge in [-0.1, -0.05) is 23.7 Å². The number of nitrogens with zero attached hydrogens (tertiary/aromatic N) is 1. The van der Waals surface area contributed by atoms with Gasteiger partial charge in [-0.2, -0.15) is 0 Å². The van der Waals surface area contributed by atoms with Crippen molar-refractivity contribution in [1.29, 1.82) is 0 Å². The molecule has 1 saturated carbocycles. The molecule has 108 valence electrons. The topological polar surface area (TPSA) is 79.3 Å². The first-order valence-corrected chi connectivity index (χ1v) is 7.02. The standard InChI is InChI=1S/C15H13ClN2O3/c16-10-5-3-8-4-6-11(17-12(8)7-10)14(19)18-13(15(20)21)9-1-2-9/h3-7,9,13H,1-2H2,(H,18,19)(H,20,21). The van der Waals surface area contributed by atoms with Gasteiger partial charge in [-0.3, -0.25) is 4.79 Å². The normalized spacial score (nSPS) is 15.7. The summed E-state index contributed by atoms with van der Waals surface area (Å²) in [5, 5.41) is 13.1. The Labute approximate surface area is 125 Å². The lowest BCUT2D eigenvalue weighted by molar-refractivity contribution is -0.139. The third-order valence-electron chi connectivity index (χ3n) is 3.53. The molecule has 0 aliphatic heterocycles. The van der Waals surface area contributed by atoms with Crippen LogP contribution in [0.1, 0.15) is 23.3 Å². The van der Waals surface area contributed by atoms with Crippen molar-refractivity contribution in [3.05, 3.63) is 41.0 Å². The van der Waals surface area contributed by atoms with Crippen molar-refractivity contribution in [3.63, 3.8) is 0 Å². The van der Waals surface area contributed by atoms with Crippen molar-refractivity contribution in [2.75, 3.05) is 0 Å². The van der Waals surface area contributed by atoms with Gasteiger partial charge >= 0.3 is 5.97 Å². The number of hydrogen-bond donors (Lipinski definition) is 2. The van der Waals surface area contributed by atoms with Crippen molar-refractivity contribution >= 4 is 34.4 Å². The van der Waals surface area contributed by atoms with Gasteiger partial charge in [0.1, 0.15) is 11.7 Å². The van der Waals surface area contributed by atoms with E-state index in [9.17, 15) is 9.59 Å². The van der Waals surface area contributed by atoms with E-state index in [1.807, 2.05) is 6.07 Å². The molecule has 1 aromatic heterocycles. The van der Waals surface area contributed by atoms with E-state index in [2.05, 4.69) is 10.3 Å². The average Bonchev–Trinajstić information content (AvgIpc) is 3.27. The first-order chi connectivity index (χ1) is 10.0. The second-order valence-corrected chi connectivity index (χ2v) is 5.60. The van der Waals surface area contributed by atoms with Crippen LogP contribution in [0.5, 0.6) is 0 Å². The van der Waals surface area contributed by atoms with Gasteiger partial charge in [-0.05, 0) is 37.0 Å². The summed E-state index contributed by atoms with van der Waals surface area (Å²) in [5.74, 6) is -1.45. The first-order valence-electron chi connectivity index (χ1n) is 6.64. The minimum Gasteiger partial charge on any atom is -0.480 e. The number of halogens is 1. The third-order valence-corrected chi connectivity index (χ3v) is 3.77. The van der Waals surface area contributed by atoms with Gasteiger partial charge in [0.25, 0.3) is 5.91 Å². The minimum atomic E-state index is -1.00. The number of benzene rings is 1. The van der Waals surface area contributed by atoms with Crippen molar-refractivity contribution in [1.82, 2.24) is 10.3 Å². The number of carboxylic acid groups (broad SMARTS) is 1. The van der Waals surface area contributed by atoms with Crippen LogP contribution < -0.4 is 5.32 Å². The lowest BCUT2D eigenvalue weighted by Crippen LogP contribution is -2.42. The lowest BCUT2D eigenvalue weighted by Gasteiger charge is -2.13. The van der Waals surface area contributed by atoms with Gasteiger partial charge in [0.2, 0.25) is 0 Å². The number of rotatable bonds is 4. The number of carbonyl (C=O) groups excluding carboxylic acids is 1. The molecule has 2 aromatic rings. The van der Waals surface area contributed by atoms with E-state index in [0.717, 1.165) is 18.2 Å². The number of amides is 1. The SMILES string of the molecule is O=C(NC(C(=O)O)C1CC1)c1ccc2ccc(Cl)cc2n1. The smallest absolute Gasteiger partial charge is 0.326 e. The van der Waals surface area contributed by atoms with E-state index in [4.69, 9.17) is 16.7 Å². The fraction of sp³-hybridized carbons (Fsp3) is 0.267. The molecular formula is C15H13ClN2O3. The number of aromatic nitrogens is 1. The molecule has 5 nitrogen and oxygen atoms in total. The zero-order valence-corrected chi connectivity index (χ0v) is 11.8. The monoisotopic (exact) mass is 304 g/mol.